The number of aliphatic hydroxyl groups is 4. The smallest absolute Gasteiger partial charge is 0.394 e. The lowest BCUT2D eigenvalue weighted by Gasteiger charge is -2.25. The Labute approximate surface area is 179 Å². The normalized spacial score (nSPS) is 15.1. The number of fused-ring (bicyclic) bond motifs is 2. The first-order chi connectivity index (χ1) is 14.8. The molecule has 0 saturated heterocycles. The summed E-state index contributed by atoms with van der Waals surface area (Å²) in [6.07, 6.45) is -5.10. The lowest BCUT2D eigenvalue weighted by molar-refractivity contribution is -0.0802. The number of rotatable bonds is 7. The van der Waals surface area contributed by atoms with E-state index in [2.05, 4.69) is 14.6 Å². The van der Waals surface area contributed by atoms with Crippen LogP contribution in [0.5, 0.6) is 0 Å². The Morgan fingerprint density at radius 3 is 2.28 bits per heavy atom. The number of nitrogens with zero attached hydrogens (tertiary/aromatic N) is 4. The third kappa shape index (κ3) is 4.56. The molecule has 0 fully saturated rings. The molecule has 2 aliphatic rings. The van der Waals surface area contributed by atoms with Crippen molar-refractivity contribution in [3.8, 4) is 11.5 Å². The van der Waals surface area contributed by atoms with Gasteiger partial charge in [-0.05, 0) is 37.1 Å². The summed E-state index contributed by atoms with van der Waals surface area (Å²) >= 11 is 0. The van der Waals surface area contributed by atoms with E-state index in [0.29, 0.717) is 5.52 Å². The van der Waals surface area contributed by atoms with E-state index < -0.39 is 56.2 Å². The SMILES string of the molecule is Cc1cc2nc3c(=O)n(OP(=O)(O)O)c(=O)nc-3n(CC(O)C(O)C(O)CO)c2cc1C. The second-order valence-electron chi connectivity index (χ2n) is 7.19. The molecule has 174 valence electrons. The summed E-state index contributed by atoms with van der Waals surface area (Å²) in [6.45, 7) is 2.25. The number of hydrogen-bond acceptors (Lipinski definition) is 10. The minimum Gasteiger partial charge on any atom is -0.394 e. The van der Waals surface area contributed by atoms with Gasteiger partial charge < -0.3 is 29.6 Å². The van der Waals surface area contributed by atoms with Crippen LogP contribution in [0.15, 0.2) is 21.7 Å². The number of hydrogen-bond donors (Lipinski definition) is 6. The van der Waals surface area contributed by atoms with Gasteiger partial charge in [0.05, 0.1) is 24.2 Å². The highest BCUT2D eigenvalue weighted by molar-refractivity contribution is 7.46. The van der Waals surface area contributed by atoms with Crippen molar-refractivity contribution in [2.75, 3.05) is 6.61 Å². The predicted octanol–water partition coefficient (Wildman–Crippen LogP) is -2.73. The number of aliphatic hydroxyl groups excluding tert-OH is 4. The Balaban J connectivity index is 2.33. The van der Waals surface area contributed by atoms with Crippen LogP contribution in [0, 0.1) is 13.8 Å². The highest BCUT2D eigenvalue weighted by atomic mass is 31.2. The molecule has 0 aliphatic carbocycles. The third-order valence-electron chi connectivity index (χ3n) is 4.88. The lowest BCUT2D eigenvalue weighted by atomic mass is 10.1. The van der Waals surface area contributed by atoms with E-state index in [1.54, 1.807) is 26.0 Å². The summed E-state index contributed by atoms with van der Waals surface area (Å²) in [4.78, 5) is 50.7. The van der Waals surface area contributed by atoms with Gasteiger partial charge in [0.25, 0.3) is 0 Å². The maximum absolute atomic E-state index is 12.7. The first kappa shape index (κ1) is 23.9. The molecule has 0 bridgehead atoms. The van der Waals surface area contributed by atoms with Gasteiger partial charge in [0, 0.05) is 0 Å². The molecule has 3 atom stereocenters. The summed E-state index contributed by atoms with van der Waals surface area (Å²) in [5, 5.41) is 39.0. The quantitative estimate of drug-likeness (QED) is 0.153. The van der Waals surface area contributed by atoms with Crippen LogP contribution in [0.25, 0.3) is 22.6 Å². The van der Waals surface area contributed by atoms with Gasteiger partial charge in [-0.15, -0.1) is 0 Å². The first-order valence-electron chi connectivity index (χ1n) is 9.19. The Kier molecular flexibility index (Phi) is 6.49. The summed E-state index contributed by atoms with van der Waals surface area (Å²) in [7, 11) is -5.28. The van der Waals surface area contributed by atoms with Gasteiger partial charge in [-0.3, -0.25) is 14.6 Å². The second kappa shape index (κ2) is 8.67. The van der Waals surface area contributed by atoms with Gasteiger partial charge in [-0.1, -0.05) is 4.73 Å². The Bertz CT molecular complexity index is 1300. The van der Waals surface area contributed by atoms with Gasteiger partial charge in [-0.2, -0.15) is 4.98 Å². The molecule has 0 amide bonds. The zero-order valence-corrected chi connectivity index (χ0v) is 17.7. The predicted molar refractivity (Wildman–Crippen MR) is 108 cm³/mol. The molecule has 1 aromatic rings. The van der Waals surface area contributed by atoms with Crippen LogP contribution < -0.4 is 15.9 Å². The largest absolute Gasteiger partial charge is 0.544 e. The summed E-state index contributed by atoms with van der Waals surface area (Å²) in [5.41, 5.74) is -1.16. The van der Waals surface area contributed by atoms with Crippen LogP contribution in [0.4, 0.5) is 0 Å². The van der Waals surface area contributed by atoms with E-state index in [-0.39, 0.29) is 16.1 Å². The highest BCUT2D eigenvalue weighted by Gasteiger charge is 2.30. The molecule has 0 spiro atoms. The van der Waals surface area contributed by atoms with E-state index in [0.717, 1.165) is 11.1 Å². The van der Waals surface area contributed by atoms with E-state index >= 15 is 0 Å². The van der Waals surface area contributed by atoms with Crippen molar-refractivity contribution in [2.45, 2.75) is 38.7 Å². The average Bonchev–Trinajstić information content (AvgIpc) is 2.71. The number of aromatic nitrogens is 4. The van der Waals surface area contributed by atoms with Gasteiger partial charge in [-0.25, -0.2) is 14.3 Å². The van der Waals surface area contributed by atoms with E-state index in [4.69, 9.17) is 14.9 Å². The van der Waals surface area contributed by atoms with E-state index in [9.17, 15) is 29.5 Å². The average molecular weight is 472 g/mol. The molecular weight excluding hydrogens is 451 g/mol. The van der Waals surface area contributed by atoms with E-state index in [1.807, 2.05) is 0 Å². The lowest BCUT2D eigenvalue weighted by Crippen LogP contribution is -2.44. The van der Waals surface area contributed by atoms with Crippen molar-refractivity contribution in [3.05, 3.63) is 44.1 Å². The molecule has 0 saturated carbocycles. The van der Waals surface area contributed by atoms with Crippen molar-refractivity contribution >= 4 is 18.9 Å². The fourth-order valence-electron chi connectivity index (χ4n) is 3.10. The van der Waals surface area contributed by atoms with Crippen LogP contribution in [0.3, 0.4) is 0 Å². The number of aryl methyl sites for hydroxylation is 2. The summed E-state index contributed by atoms with van der Waals surface area (Å²) < 4.78 is 16.2. The van der Waals surface area contributed by atoms with Crippen molar-refractivity contribution in [1.29, 1.82) is 0 Å². The second-order valence-corrected chi connectivity index (χ2v) is 8.34. The minimum atomic E-state index is -5.28. The number of phosphoric acid groups is 1. The highest BCUT2D eigenvalue weighted by Crippen LogP contribution is 2.30. The molecule has 6 N–H and O–H groups in total. The van der Waals surface area contributed by atoms with Crippen LogP contribution in [0.1, 0.15) is 11.1 Å². The van der Waals surface area contributed by atoms with Gasteiger partial charge in [0.15, 0.2) is 11.5 Å². The molecule has 15 heteroatoms. The standard InChI is InChI=1S/C17H21N4O10P/c1-7-3-9-10(4-8(7)2)20(5-11(23)14(25)12(24)6-22)15-13(18-9)16(26)21(17(27)19-15)31-32(28,29)30/h3-4,11-12,14,22-25H,5-6H2,1-2H3,(H2,28,29,30). The van der Waals surface area contributed by atoms with Gasteiger partial charge in [0.2, 0.25) is 0 Å². The number of benzene rings is 1. The molecule has 3 unspecified atom stereocenters. The van der Waals surface area contributed by atoms with E-state index in [1.165, 1.54) is 4.57 Å². The Morgan fingerprint density at radius 1 is 1.06 bits per heavy atom. The van der Waals surface area contributed by atoms with Crippen molar-refractivity contribution in [1.82, 2.24) is 19.3 Å². The van der Waals surface area contributed by atoms with Crippen LogP contribution in [0.2, 0.25) is 0 Å². The molecule has 1 aromatic carbocycles. The van der Waals surface area contributed by atoms with Gasteiger partial charge in [0.1, 0.15) is 18.3 Å². The first-order valence-corrected chi connectivity index (χ1v) is 10.7. The van der Waals surface area contributed by atoms with Crippen molar-refractivity contribution in [3.63, 3.8) is 0 Å². The van der Waals surface area contributed by atoms with Crippen LogP contribution in [-0.2, 0) is 11.1 Å². The molecule has 0 radical (unpaired) electrons. The molecule has 14 nitrogen and oxygen atoms in total. The molecular formula is C17H21N4O10P. The fraction of sp³-hybridized carbons (Fsp3) is 0.412. The monoisotopic (exact) mass is 472 g/mol. The summed E-state index contributed by atoms with van der Waals surface area (Å²) in [6, 6.07) is 3.24. The topological polar surface area (TPSA) is 217 Å². The Hall–Kier alpha value is -2.71. The maximum Gasteiger partial charge on any atom is 0.544 e. The van der Waals surface area contributed by atoms with Gasteiger partial charge >= 0.3 is 19.1 Å². The molecule has 3 rings (SSSR count). The zero-order chi connectivity index (χ0) is 24.0. The Morgan fingerprint density at radius 2 is 1.69 bits per heavy atom. The maximum atomic E-state index is 12.7. The molecule has 2 heterocycles. The minimum absolute atomic E-state index is 0.213. The molecule has 32 heavy (non-hydrogen) atoms. The zero-order valence-electron chi connectivity index (χ0n) is 16.9. The molecule has 2 aliphatic heterocycles. The third-order valence-corrected chi connectivity index (χ3v) is 5.25. The fourth-order valence-corrected chi connectivity index (χ4v) is 3.46. The summed E-state index contributed by atoms with van der Waals surface area (Å²) in [5.74, 6) is -0.356. The van der Waals surface area contributed by atoms with Crippen molar-refractivity contribution in [2.24, 2.45) is 0 Å². The van der Waals surface area contributed by atoms with Crippen LogP contribution in [-0.4, -0.2) is 74.4 Å². The van der Waals surface area contributed by atoms with Crippen LogP contribution >= 0.6 is 7.82 Å². The molecule has 0 aromatic heterocycles. The van der Waals surface area contributed by atoms with Crippen molar-refractivity contribution < 1.29 is 39.4 Å².